The summed E-state index contributed by atoms with van der Waals surface area (Å²) >= 11 is 0. The largest absolute Gasteiger partial charge is 0.390 e. The number of hydrogen-bond donors (Lipinski definition) is 2. The lowest BCUT2D eigenvalue weighted by atomic mass is 9.94. The van der Waals surface area contributed by atoms with Gasteiger partial charge in [0.2, 0.25) is 0 Å². The van der Waals surface area contributed by atoms with Crippen molar-refractivity contribution in [1.82, 2.24) is 0 Å². The molecule has 0 bridgehead atoms. The van der Waals surface area contributed by atoms with Crippen molar-refractivity contribution in [3.63, 3.8) is 0 Å². The third-order valence-corrected chi connectivity index (χ3v) is 1.63. The molecular formula is C7H10O3. The maximum atomic E-state index is 10.7. The van der Waals surface area contributed by atoms with E-state index in [2.05, 4.69) is 0 Å². The smallest absolute Gasteiger partial charge is 0.158 e. The summed E-state index contributed by atoms with van der Waals surface area (Å²) in [7, 11) is 0. The van der Waals surface area contributed by atoms with Crippen LogP contribution in [0.5, 0.6) is 0 Å². The van der Waals surface area contributed by atoms with Gasteiger partial charge < -0.3 is 10.2 Å². The van der Waals surface area contributed by atoms with Crippen LogP contribution < -0.4 is 0 Å². The summed E-state index contributed by atoms with van der Waals surface area (Å²) in [4.78, 5) is 10.7. The summed E-state index contributed by atoms with van der Waals surface area (Å²) in [5.41, 5.74) is 0.545. The van der Waals surface area contributed by atoms with Gasteiger partial charge in [0.15, 0.2) is 5.78 Å². The minimum Gasteiger partial charge on any atom is -0.390 e. The van der Waals surface area contributed by atoms with Gasteiger partial charge >= 0.3 is 0 Å². The van der Waals surface area contributed by atoms with Crippen LogP contribution in [-0.2, 0) is 4.79 Å². The number of rotatable bonds is 0. The molecule has 0 aliphatic heterocycles. The average molecular weight is 142 g/mol. The summed E-state index contributed by atoms with van der Waals surface area (Å²) < 4.78 is 0. The molecule has 1 rings (SSSR count). The third kappa shape index (κ3) is 1.25. The van der Waals surface area contributed by atoms with Crippen LogP contribution in [0.3, 0.4) is 0 Å². The molecule has 0 fully saturated rings. The van der Waals surface area contributed by atoms with Gasteiger partial charge in [-0.2, -0.15) is 0 Å². The van der Waals surface area contributed by atoms with Gasteiger partial charge in [-0.15, -0.1) is 0 Å². The summed E-state index contributed by atoms with van der Waals surface area (Å²) in [6.07, 6.45) is -0.342. The molecule has 0 spiro atoms. The number of carbonyl (C=O) groups is 1. The maximum absolute atomic E-state index is 10.7. The van der Waals surface area contributed by atoms with Crippen molar-refractivity contribution in [2.45, 2.75) is 25.6 Å². The van der Waals surface area contributed by atoms with E-state index in [1.54, 1.807) is 6.92 Å². The number of aliphatic hydroxyl groups excluding tert-OH is 2. The number of aliphatic hydroxyl groups is 2. The zero-order chi connectivity index (χ0) is 7.72. The van der Waals surface area contributed by atoms with Gasteiger partial charge in [-0.25, -0.2) is 0 Å². The lowest BCUT2D eigenvalue weighted by Gasteiger charge is -2.21. The standard InChI is InChI=1S/C7H10O3/c1-4-2-5(8)3-6(9)7(4)10/h2,6-7,9-10H,3H2,1H3/t6-,7-/m0/s1. The molecule has 0 aromatic carbocycles. The zero-order valence-electron chi connectivity index (χ0n) is 5.74. The molecule has 1 aliphatic carbocycles. The van der Waals surface area contributed by atoms with Crippen LogP contribution in [0.25, 0.3) is 0 Å². The van der Waals surface area contributed by atoms with Crippen LogP contribution in [0.2, 0.25) is 0 Å². The van der Waals surface area contributed by atoms with E-state index < -0.39 is 12.2 Å². The minimum absolute atomic E-state index is 0.0402. The van der Waals surface area contributed by atoms with Gasteiger partial charge in [0.1, 0.15) is 6.10 Å². The summed E-state index contributed by atoms with van der Waals surface area (Å²) in [5, 5.41) is 18.1. The molecule has 1 aliphatic rings. The highest BCUT2D eigenvalue weighted by Gasteiger charge is 2.24. The van der Waals surface area contributed by atoms with Crippen LogP contribution in [0.15, 0.2) is 11.6 Å². The molecule has 2 N–H and O–H groups in total. The predicted octanol–water partition coefficient (Wildman–Crippen LogP) is -0.373. The van der Waals surface area contributed by atoms with E-state index in [1.165, 1.54) is 6.08 Å². The molecule has 0 heterocycles. The molecule has 3 nitrogen and oxygen atoms in total. The lowest BCUT2D eigenvalue weighted by Crippen LogP contribution is -2.32. The Morgan fingerprint density at radius 2 is 2.20 bits per heavy atom. The van der Waals surface area contributed by atoms with E-state index in [0.29, 0.717) is 5.57 Å². The quantitative estimate of drug-likeness (QED) is 0.485. The SMILES string of the molecule is CC1=CC(=O)C[C@H](O)[C@H]1O. The van der Waals surface area contributed by atoms with Crippen LogP contribution in [-0.4, -0.2) is 28.2 Å². The highest BCUT2D eigenvalue weighted by atomic mass is 16.3. The van der Waals surface area contributed by atoms with Gasteiger partial charge in [0, 0.05) is 6.42 Å². The summed E-state index contributed by atoms with van der Waals surface area (Å²) in [6.45, 7) is 1.63. The molecule has 56 valence electrons. The van der Waals surface area contributed by atoms with Crippen molar-refractivity contribution in [2.24, 2.45) is 0 Å². The normalized spacial score (nSPS) is 33.9. The molecule has 0 unspecified atom stereocenters. The van der Waals surface area contributed by atoms with Gasteiger partial charge in [0.05, 0.1) is 6.10 Å². The van der Waals surface area contributed by atoms with Crippen molar-refractivity contribution in [3.05, 3.63) is 11.6 Å². The van der Waals surface area contributed by atoms with Crippen LogP contribution in [0.1, 0.15) is 13.3 Å². The highest BCUT2D eigenvalue weighted by Crippen LogP contribution is 2.15. The third-order valence-electron chi connectivity index (χ3n) is 1.63. The number of carbonyl (C=O) groups excluding carboxylic acids is 1. The lowest BCUT2D eigenvalue weighted by molar-refractivity contribution is -0.119. The molecule has 0 saturated heterocycles. The number of allylic oxidation sites excluding steroid dienone is 1. The Hall–Kier alpha value is -0.670. The van der Waals surface area contributed by atoms with Crippen molar-refractivity contribution in [1.29, 1.82) is 0 Å². The first-order valence-corrected chi connectivity index (χ1v) is 3.18. The summed E-state index contributed by atoms with van der Waals surface area (Å²) in [6, 6.07) is 0. The Balaban J connectivity index is 2.80. The second kappa shape index (κ2) is 2.52. The van der Waals surface area contributed by atoms with Crippen LogP contribution >= 0.6 is 0 Å². The van der Waals surface area contributed by atoms with E-state index in [0.717, 1.165) is 0 Å². The van der Waals surface area contributed by atoms with E-state index in [4.69, 9.17) is 10.2 Å². The Bertz CT molecular complexity index is 183. The van der Waals surface area contributed by atoms with Gasteiger partial charge in [-0.1, -0.05) is 0 Å². The number of ketones is 1. The molecule has 3 heteroatoms. The van der Waals surface area contributed by atoms with Gasteiger partial charge in [0.25, 0.3) is 0 Å². The minimum atomic E-state index is -0.905. The Labute approximate surface area is 59.0 Å². The van der Waals surface area contributed by atoms with Crippen LogP contribution in [0, 0.1) is 0 Å². The molecule has 0 saturated carbocycles. The first-order valence-electron chi connectivity index (χ1n) is 3.18. The molecule has 0 aromatic rings. The van der Waals surface area contributed by atoms with E-state index >= 15 is 0 Å². The Kier molecular flexibility index (Phi) is 1.87. The Morgan fingerprint density at radius 3 is 2.70 bits per heavy atom. The van der Waals surface area contributed by atoms with Gasteiger partial charge in [-0.05, 0) is 18.6 Å². The molecule has 10 heavy (non-hydrogen) atoms. The van der Waals surface area contributed by atoms with E-state index in [9.17, 15) is 4.79 Å². The van der Waals surface area contributed by atoms with Gasteiger partial charge in [-0.3, -0.25) is 4.79 Å². The highest BCUT2D eigenvalue weighted by molar-refractivity contribution is 5.91. The van der Waals surface area contributed by atoms with Crippen LogP contribution in [0.4, 0.5) is 0 Å². The van der Waals surface area contributed by atoms with Crippen molar-refractivity contribution in [3.8, 4) is 0 Å². The van der Waals surface area contributed by atoms with Crippen molar-refractivity contribution >= 4 is 5.78 Å². The van der Waals surface area contributed by atoms with E-state index in [1.807, 2.05) is 0 Å². The fraction of sp³-hybridized carbons (Fsp3) is 0.571. The van der Waals surface area contributed by atoms with Crippen molar-refractivity contribution in [2.75, 3.05) is 0 Å². The first-order chi connectivity index (χ1) is 4.61. The molecule has 0 aromatic heterocycles. The molecular weight excluding hydrogens is 132 g/mol. The first kappa shape index (κ1) is 7.44. The average Bonchev–Trinajstić information content (AvgIpc) is 1.82. The molecule has 2 atom stereocenters. The topological polar surface area (TPSA) is 57.5 Å². The fourth-order valence-corrected chi connectivity index (χ4v) is 1.02. The monoisotopic (exact) mass is 142 g/mol. The number of hydrogen-bond acceptors (Lipinski definition) is 3. The molecule has 0 amide bonds. The summed E-state index contributed by atoms with van der Waals surface area (Å²) in [5.74, 6) is -0.115. The zero-order valence-corrected chi connectivity index (χ0v) is 5.74. The second-order valence-corrected chi connectivity index (χ2v) is 2.57. The van der Waals surface area contributed by atoms with Crippen molar-refractivity contribution < 1.29 is 15.0 Å². The molecule has 0 radical (unpaired) electrons. The Morgan fingerprint density at radius 1 is 1.60 bits per heavy atom. The van der Waals surface area contributed by atoms with E-state index in [-0.39, 0.29) is 12.2 Å². The predicted molar refractivity (Wildman–Crippen MR) is 35.4 cm³/mol. The maximum Gasteiger partial charge on any atom is 0.158 e. The second-order valence-electron chi connectivity index (χ2n) is 2.57. The fourth-order valence-electron chi connectivity index (χ4n) is 1.02.